The molecule has 0 spiro atoms. The lowest BCUT2D eigenvalue weighted by Gasteiger charge is -2.25. The summed E-state index contributed by atoms with van der Waals surface area (Å²) in [4.78, 5) is 7.82. The molecule has 0 amide bonds. The molecule has 0 unspecified atom stereocenters. The molecule has 0 atom stereocenters. The molecule has 0 fully saturated rings. The summed E-state index contributed by atoms with van der Waals surface area (Å²) in [6.07, 6.45) is 1.95. The van der Waals surface area contributed by atoms with Gasteiger partial charge in [0, 0.05) is 16.4 Å². The van der Waals surface area contributed by atoms with Gasteiger partial charge in [-0.3, -0.25) is 4.99 Å². The molecule has 2 aromatic rings. The van der Waals surface area contributed by atoms with Crippen LogP contribution in [0.4, 0.5) is 11.4 Å². The van der Waals surface area contributed by atoms with Crippen LogP contribution in [0.2, 0.25) is 0 Å². The van der Waals surface area contributed by atoms with Gasteiger partial charge in [0.05, 0.1) is 10.6 Å². The smallest absolute Gasteiger partial charge is 0.115 e. The Bertz CT molecular complexity index is 547. The average molecular weight is 293 g/mol. The van der Waals surface area contributed by atoms with E-state index in [2.05, 4.69) is 49.4 Å². The number of halogens is 1. The Hall–Kier alpha value is -1.13. The van der Waals surface area contributed by atoms with Gasteiger partial charge in [-0.05, 0) is 29.6 Å². The molecule has 2 heterocycles. The number of rotatable bonds is 1. The van der Waals surface area contributed by atoms with E-state index in [9.17, 15) is 0 Å². The third-order valence-corrected chi connectivity index (χ3v) is 3.85. The first kappa shape index (κ1) is 10.1. The normalized spacial score (nSPS) is 13.9. The van der Waals surface area contributed by atoms with Gasteiger partial charge < -0.3 is 4.90 Å². The largest absolute Gasteiger partial charge is 0.320 e. The van der Waals surface area contributed by atoms with Gasteiger partial charge >= 0.3 is 0 Å². The summed E-state index contributed by atoms with van der Waals surface area (Å²) in [5, 5.41) is 2.10. The molecule has 2 nitrogen and oxygen atoms in total. The molecule has 0 aliphatic carbocycles. The van der Waals surface area contributed by atoms with Gasteiger partial charge in [0.25, 0.3) is 0 Å². The Labute approximate surface area is 106 Å². The molecule has 0 saturated heterocycles. The minimum Gasteiger partial charge on any atom is -0.320 e. The summed E-state index contributed by atoms with van der Waals surface area (Å²) >= 11 is 5.22. The van der Waals surface area contributed by atoms with Crippen molar-refractivity contribution in [3.05, 3.63) is 45.1 Å². The molecule has 1 aromatic carbocycles. The maximum Gasteiger partial charge on any atom is 0.115 e. The number of fused-ring (bicyclic) bond motifs is 1. The summed E-state index contributed by atoms with van der Waals surface area (Å²) in [5.41, 5.74) is 2.42. The van der Waals surface area contributed by atoms with E-state index in [1.54, 1.807) is 11.3 Å². The Kier molecular flexibility index (Phi) is 2.53. The fraction of sp³-hybridized carbons (Fsp3) is 0.0833. The molecule has 80 valence electrons. The van der Waals surface area contributed by atoms with Crippen LogP contribution in [0.3, 0.4) is 0 Å². The zero-order chi connectivity index (χ0) is 11.0. The topological polar surface area (TPSA) is 15.6 Å². The Morgan fingerprint density at radius 2 is 2.25 bits per heavy atom. The SMILES string of the molecule is Brc1cccc(N2CN=Cc3sccc32)c1. The van der Waals surface area contributed by atoms with E-state index in [4.69, 9.17) is 0 Å². The Morgan fingerprint density at radius 3 is 3.12 bits per heavy atom. The highest BCUT2D eigenvalue weighted by atomic mass is 79.9. The summed E-state index contributed by atoms with van der Waals surface area (Å²) in [6, 6.07) is 10.4. The van der Waals surface area contributed by atoms with Gasteiger partial charge in [-0.2, -0.15) is 0 Å². The lowest BCUT2D eigenvalue weighted by Crippen LogP contribution is -2.20. The van der Waals surface area contributed by atoms with Crippen molar-refractivity contribution in [2.75, 3.05) is 11.6 Å². The van der Waals surface area contributed by atoms with Crippen LogP contribution in [0, 0.1) is 0 Å². The molecule has 0 bridgehead atoms. The van der Waals surface area contributed by atoms with E-state index in [1.165, 1.54) is 16.3 Å². The first-order valence-electron chi connectivity index (χ1n) is 4.95. The van der Waals surface area contributed by atoms with Gasteiger partial charge in [0.2, 0.25) is 0 Å². The van der Waals surface area contributed by atoms with Crippen molar-refractivity contribution in [2.45, 2.75) is 0 Å². The molecule has 0 radical (unpaired) electrons. The summed E-state index contributed by atoms with van der Waals surface area (Å²) in [7, 11) is 0. The lowest BCUT2D eigenvalue weighted by molar-refractivity contribution is 0.977. The van der Waals surface area contributed by atoms with Crippen molar-refractivity contribution < 1.29 is 0 Å². The fourth-order valence-electron chi connectivity index (χ4n) is 1.78. The molecule has 1 aliphatic rings. The standard InChI is InChI=1S/C12H9BrN2S/c13-9-2-1-3-10(6-9)15-8-14-7-12-11(15)4-5-16-12/h1-7H,8H2. The number of hydrogen-bond donors (Lipinski definition) is 0. The monoisotopic (exact) mass is 292 g/mol. The maximum atomic E-state index is 4.37. The van der Waals surface area contributed by atoms with E-state index < -0.39 is 0 Å². The Morgan fingerprint density at radius 1 is 1.31 bits per heavy atom. The van der Waals surface area contributed by atoms with Crippen molar-refractivity contribution in [1.82, 2.24) is 0 Å². The van der Waals surface area contributed by atoms with Crippen LogP contribution in [0.5, 0.6) is 0 Å². The number of benzene rings is 1. The summed E-state index contributed by atoms with van der Waals surface area (Å²) < 4.78 is 1.09. The summed E-state index contributed by atoms with van der Waals surface area (Å²) in [6.45, 7) is 0.695. The van der Waals surface area contributed by atoms with Gasteiger partial charge in [0.15, 0.2) is 0 Å². The molecule has 0 saturated carbocycles. The summed E-state index contributed by atoms with van der Waals surface area (Å²) in [5.74, 6) is 0. The molecular weight excluding hydrogens is 284 g/mol. The quantitative estimate of drug-likeness (QED) is 0.775. The fourth-order valence-corrected chi connectivity index (χ4v) is 2.95. The highest BCUT2D eigenvalue weighted by molar-refractivity contribution is 9.10. The van der Waals surface area contributed by atoms with Crippen molar-refractivity contribution in [3.63, 3.8) is 0 Å². The third kappa shape index (κ3) is 1.68. The minimum absolute atomic E-state index is 0.695. The molecule has 4 heteroatoms. The minimum atomic E-state index is 0.695. The number of hydrogen-bond acceptors (Lipinski definition) is 3. The number of thiophene rings is 1. The molecule has 1 aromatic heterocycles. The van der Waals surface area contributed by atoms with Gasteiger partial charge in [0.1, 0.15) is 6.67 Å². The molecule has 16 heavy (non-hydrogen) atoms. The number of aliphatic imine (C=N–C) groups is 1. The molecule has 3 rings (SSSR count). The Balaban J connectivity index is 2.07. The second-order valence-electron chi connectivity index (χ2n) is 3.53. The van der Waals surface area contributed by atoms with E-state index in [-0.39, 0.29) is 0 Å². The van der Waals surface area contributed by atoms with Gasteiger partial charge in [-0.25, -0.2) is 0 Å². The molecular formula is C12H9BrN2S. The second-order valence-corrected chi connectivity index (χ2v) is 5.39. The van der Waals surface area contributed by atoms with E-state index in [0.29, 0.717) is 6.67 Å². The predicted octanol–water partition coefficient (Wildman–Crippen LogP) is 4.04. The number of anilines is 2. The van der Waals surface area contributed by atoms with E-state index in [1.807, 2.05) is 18.3 Å². The van der Waals surface area contributed by atoms with Crippen molar-refractivity contribution >= 4 is 44.9 Å². The number of nitrogens with zero attached hydrogens (tertiary/aromatic N) is 2. The second kappa shape index (κ2) is 4.03. The lowest BCUT2D eigenvalue weighted by atomic mass is 10.2. The first-order chi connectivity index (χ1) is 7.84. The van der Waals surface area contributed by atoms with Crippen LogP contribution in [0.15, 0.2) is 45.2 Å². The van der Waals surface area contributed by atoms with Crippen LogP contribution in [0.1, 0.15) is 4.88 Å². The molecule has 1 aliphatic heterocycles. The third-order valence-electron chi connectivity index (χ3n) is 2.52. The van der Waals surface area contributed by atoms with Crippen LogP contribution in [0.25, 0.3) is 0 Å². The van der Waals surface area contributed by atoms with Crippen LogP contribution >= 0.6 is 27.3 Å². The van der Waals surface area contributed by atoms with Crippen molar-refractivity contribution in [2.24, 2.45) is 4.99 Å². The van der Waals surface area contributed by atoms with Crippen LogP contribution in [-0.2, 0) is 0 Å². The zero-order valence-corrected chi connectivity index (χ0v) is 10.8. The van der Waals surface area contributed by atoms with Gasteiger partial charge in [-0.15, -0.1) is 11.3 Å². The predicted molar refractivity (Wildman–Crippen MR) is 73.1 cm³/mol. The zero-order valence-electron chi connectivity index (χ0n) is 8.43. The first-order valence-corrected chi connectivity index (χ1v) is 6.62. The van der Waals surface area contributed by atoms with E-state index >= 15 is 0 Å². The maximum absolute atomic E-state index is 4.37. The van der Waals surface area contributed by atoms with Gasteiger partial charge in [-0.1, -0.05) is 22.0 Å². The molecule has 0 N–H and O–H groups in total. The van der Waals surface area contributed by atoms with E-state index in [0.717, 1.165) is 4.47 Å². The van der Waals surface area contributed by atoms with Crippen LogP contribution in [-0.4, -0.2) is 12.9 Å². The highest BCUT2D eigenvalue weighted by Gasteiger charge is 2.16. The van der Waals surface area contributed by atoms with Crippen LogP contribution < -0.4 is 4.90 Å². The average Bonchev–Trinajstić information content (AvgIpc) is 2.76. The van der Waals surface area contributed by atoms with Crippen molar-refractivity contribution in [1.29, 1.82) is 0 Å². The highest BCUT2D eigenvalue weighted by Crippen LogP contribution is 2.34. The van der Waals surface area contributed by atoms with Crippen molar-refractivity contribution in [3.8, 4) is 0 Å².